The minimum atomic E-state index is 0.226. The van der Waals surface area contributed by atoms with Gasteiger partial charge < -0.3 is 14.4 Å². The number of hydrogen-bond donors (Lipinski definition) is 0. The first-order valence-electron chi connectivity index (χ1n) is 11.4. The van der Waals surface area contributed by atoms with Crippen molar-refractivity contribution >= 4 is 11.5 Å². The van der Waals surface area contributed by atoms with Gasteiger partial charge in [-0.2, -0.15) is 0 Å². The molecule has 0 aliphatic carbocycles. The molecule has 2 aromatic carbocycles. The largest absolute Gasteiger partial charge is 0.490 e. The first kappa shape index (κ1) is 20.1. The Balaban J connectivity index is 1.23. The molecule has 1 fully saturated rings. The van der Waals surface area contributed by atoms with Crippen LogP contribution in [0, 0.1) is 0 Å². The Hall–Kier alpha value is -2.79. The molecule has 5 heteroatoms. The van der Waals surface area contributed by atoms with E-state index in [9.17, 15) is 4.79 Å². The quantitative estimate of drug-likeness (QED) is 0.742. The second kappa shape index (κ2) is 9.15. The first-order chi connectivity index (χ1) is 15.3. The van der Waals surface area contributed by atoms with Crippen molar-refractivity contribution < 1.29 is 14.3 Å². The molecular formula is C26H30N2O3. The number of amides is 1. The second-order valence-electron chi connectivity index (χ2n) is 8.57. The average molecular weight is 419 g/mol. The summed E-state index contributed by atoms with van der Waals surface area (Å²) in [4.78, 5) is 17.4. The highest BCUT2D eigenvalue weighted by molar-refractivity contribution is 5.80. The predicted molar refractivity (Wildman–Crippen MR) is 121 cm³/mol. The monoisotopic (exact) mass is 418 g/mol. The van der Waals surface area contributed by atoms with Gasteiger partial charge in [-0.05, 0) is 54.6 Å². The van der Waals surface area contributed by atoms with Crippen molar-refractivity contribution in [3.8, 4) is 11.5 Å². The summed E-state index contributed by atoms with van der Waals surface area (Å²) in [6.45, 7) is 4.33. The van der Waals surface area contributed by atoms with Crippen molar-refractivity contribution in [1.29, 1.82) is 0 Å². The van der Waals surface area contributed by atoms with Crippen LogP contribution in [0.2, 0.25) is 0 Å². The summed E-state index contributed by atoms with van der Waals surface area (Å²) < 4.78 is 11.7. The molecule has 0 aromatic heterocycles. The van der Waals surface area contributed by atoms with Gasteiger partial charge in [-0.3, -0.25) is 9.69 Å². The molecule has 0 N–H and O–H groups in total. The van der Waals surface area contributed by atoms with E-state index in [2.05, 4.69) is 47.4 Å². The van der Waals surface area contributed by atoms with Crippen molar-refractivity contribution in [1.82, 2.24) is 9.80 Å². The lowest BCUT2D eigenvalue weighted by Gasteiger charge is -2.31. The number of carbonyl (C=O) groups excluding carboxylic acids is 1. The molecule has 1 saturated heterocycles. The number of ether oxygens (including phenoxy) is 2. The van der Waals surface area contributed by atoms with Crippen LogP contribution in [0.4, 0.5) is 0 Å². The molecule has 3 aliphatic heterocycles. The fourth-order valence-electron chi connectivity index (χ4n) is 4.86. The lowest BCUT2D eigenvalue weighted by atomic mass is 9.99. The zero-order valence-corrected chi connectivity index (χ0v) is 18.0. The number of benzene rings is 2. The molecule has 2 aromatic rings. The van der Waals surface area contributed by atoms with E-state index in [4.69, 9.17) is 9.47 Å². The Morgan fingerprint density at radius 3 is 2.61 bits per heavy atom. The molecule has 0 radical (unpaired) electrons. The maximum absolute atomic E-state index is 13.1. The number of likely N-dealkylation sites (tertiary alicyclic amines) is 1. The van der Waals surface area contributed by atoms with E-state index in [1.807, 2.05) is 17.0 Å². The third-order valence-electron chi connectivity index (χ3n) is 6.56. The van der Waals surface area contributed by atoms with E-state index in [1.165, 1.54) is 16.7 Å². The Kier molecular flexibility index (Phi) is 5.94. The van der Waals surface area contributed by atoms with Gasteiger partial charge in [0.25, 0.3) is 0 Å². The van der Waals surface area contributed by atoms with Gasteiger partial charge in [-0.15, -0.1) is 0 Å². The minimum absolute atomic E-state index is 0.226. The molecule has 0 saturated carbocycles. The maximum atomic E-state index is 13.1. The number of hydrogen-bond acceptors (Lipinski definition) is 4. The summed E-state index contributed by atoms with van der Waals surface area (Å²) in [7, 11) is 0. The van der Waals surface area contributed by atoms with Gasteiger partial charge in [-0.25, -0.2) is 0 Å². The summed E-state index contributed by atoms with van der Waals surface area (Å²) in [6.07, 6.45) is 6.23. The van der Waals surface area contributed by atoms with Gasteiger partial charge in [0.15, 0.2) is 11.5 Å². The lowest BCUT2D eigenvalue weighted by Crippen LogP contribution is -2.42. The Labute approximate surface area is 184 Å². The third kappa shape index (κ3) is 4.47. The summed E-state index contributed by atoms with van der Waals surface area (Å²) in [6, 6.07) is 17.0. The topological polar surface area (TPSA) is 42.0 Å². The zero-order valence-electron chi connectivity index (χ0n) is 18.0. The minimum Gasteiger partial charge on any atom is -0.490 e. The highest BCUT2D eigenvalue weighted by Gasteiger charge is 2.30. The summed E-state index contributed by atoms with van der Waals surface area (Å²) in [5, 5.41) is 0. The van der Waals surface area contributed by atoms with Gasteiger partial charge in [0, 0.05) is 25.6 Å². The van der Waals surface area contributed by atoms with Crippen LogP contribution in [0.1, 0.15) is 42.9 Å². The fourth-order valence-corrected chi connectivity index (χ4v) is 4.86. The smallest absolute Gasteiger partial charge is 0.237 e. The van der Waals surface area contributed by atoms with E-state index in [-0.39, 0.29) is 11.9 Å². The van der Waals surface area contributed by atoms with E-state index in [0.29, 0.717) is 26.3 Å². The zero-order chi connectivity index (χ0) is 21.0. The van der Waals surface area contributed by atoms with E-state index < -0.39 is 0 Å². The number of nitrogens with zero attached hydrogens (tertiary/aromatic N) is 2. The molecule has 1 amide bonds. The van der Waals surface area contributed by atoms with Crippen molar-refractivity contribution in [2.45, 2.75) is 31.7 Å². The van der Waals surface area contributed by atoms with E-state index >= 15 is 0 Å². The first-order valence-corrected chi connectivity index (χ1v) is 11.4. The molecule has 1 atom stereocenters. The van der Waals surface area contributed by atoms with Crippen molar-refractivity contribution in [2.75, 3.05) is 39.4 Å². The molecule has 5 rings (SSSR count). The molecule has 0 spiro atoms. The van der Waals surface area contributed by atoms with Crippen molar-refractivity contribution in [3.05, 3.63) is 65.7 Å². The van der Waals surface area contributed by atoms with E-state index in [0.717, 1.165) is 50.3 Å². The van der Waals surface area contributed by atoms with Crippen molar-refractivity contribution in [3.63, 3.8) is 0 Å². The van der Waals surface area contributed by atoms with Crippen LogP contribution >= 0.6 is 0 Å². The Morgan fingerprint density at radius 2 is 1.81 bits per heavy atom. The Bertz CT molecular complexity index is 956. The number of fused-ring (bicyclic) bond motifs is 1. The van der Waals surface area contributed by atoms with Crippen LogP contribution in [0.5, 0.6) is 11.5 Å². The lowest BCUT2D eigenvalue weighted by molar-refractivity contribution is -0.132. The number of carbonyl (C=O) groups is 1. The molecule has 5 nitrogen and oxygen atoms in total. The van der Waals surface area contributed by atoms with Crippen LogP contribution < -0.4 is 9.47 Å². The molecule has 31 heavy (non-hydrogen) atoms. The summed E-state index contributed by atoms with van der Waals surface area (Å²) in [5.41, 5.74) is 3.83. The third-order valence-corrected chi connectivity index (χ3v) is 6.56. The molecule has 162 valence electrons. The van der Waals surface area contributed by atoms with Gasteiger partial charge in [0.2, 0.25) is 5.91 Å². The molecule has 3 aliphatic rings. The van der Waals surface area contributed by atoms with Crippen LogP contribution in [-0.4, -0.2) is 55.1 Å². The van der Waals surface area contributed by atoms with Crippen molar-refractivity contribution in [2.24, 2.45) is 0 Å². The van der Waals surface area contributed by atoms with Crippen LogP contribution in [0.3, 0.4) is 0 Å². The maximum Gasteiger partial charge on any atom is 0.237 e. The molecular weight excluding hydrogens is 388 g/mol. The number of rotatable bonds is 4. The normalized spacial score (nSPS) is 21.5. The summed E-state index contributed by atoms with van der Waals surface area (Å²) in [5.74, 6) is 1.89. The SMILES string of the molecule is O=C(CN1CCC[C@H]1c1ccc2c(c1)OCCCO2)N1CC=C(c2ccccc2)CC1. The Morgan fingerprint density at radius 1 is 0.968 bits per heavy atom. The van der Waals surface area contributed by atoms with E-state index in [1.54, 1.807) is 0 Å². The average Bonchev–Trinajstić information content (AvgIpc) is 3.15. The van der Waals surface area contributed by atoms with Crippen LogP contribution in [0.25, 0.3) is 5.57 Å². The standard InChI is InChI=1S/C26H30N2O3/c29-26(27-14-11-21(12-15-27)20-6-2-1-3-7-20)19-28-13-4-8-23(28)22-9-10-24-25(18-22)31-17-5-16-30-24/h1-3,6-7,9-11,18,23H,4-5,8,12-17,19H2/t23-/m0/s1. The highest BCUT2D eigenvalue weighted by atomic mass is 16.5. The summed E-state index contributed by atoms with van der Waals surface area (Å²) >= 11 is 0. The molecule has 3 heterocycles. The molecule has 0 unspecified atom stereocenters. The van der Waals surface area contributed by atoms with Crippen LogP contribution in [-0.2, 0) is 4.79 Å². The van der Waals surface area contributed by atoms with Gasteiger partial charge >= 0.3 is 0 Å². The van der Waals surface area contributed by atoms with Crippen LogP contribution in [0.15, 0.2) is 54.6 Å². The highest BCUT2D eigenvalue weighted by Crippen LogP contribution is 2.38. The van der Waals surface area contributed by atoms with Gasteiger partial charge in [0.1, 0.15) is 0 Å². The fraction of sp³-hybridized carbons (Fsp3) is 0.423. The second-order valence-corrected chi connectivity index (χ2v) is 8.57. The molecule has 0 bridgehead atoms. The van der Waals surface area contributed by atoms with Gasteiger partial charge in [0.05, 0.1) is 19.8 Å². The van der Waals surface area contributed by atoms with Gasteiger partial charge in [-0.1, -0.05) is 42.5 Å². The predicted octanol–water partition coefficient (Wildman–Crippen LogP) is 4.30.